The summed E-state index contributed by atoms with van der Waals surface area (Å²) in [5, 5.41) is 21.3. The first-order valence-corrected chi connectivity index (χ1v) is 8.26. The van der Waals surface area contributed by atoms with E-state index in [-0.39, 0.29) is 23.0 Å². The topological polar surface area (TPSA) is 145 Å². The number of anilines is 1. The molecular weight excluding hydrogens is 356 g/mol. The van der Waals surface area contributed by atoms with Gasteiger partial charge in [0.05, 0.1) is 24.4 Å². The Morgan fingerprint density at radius 1 is 1.37 bits per heavy atom. The highest BCUT2D eigenvalue weighted by molar-refractivity contribution is 5.83. The maximum atomic E-state index is 11.4. The number of aryl methyl sites for hydroxylation is 1. The van der Waals surface area contributed by atoms with Gasteiger partial charge in [-0.1, -0.05) is 6.92 Å². The first-order chi connectivity index (χ1) is 13.0. The molecule has 11 heteroatoms. The molecule has 11 nitrogen and oxygen atoms in total. The van der Waals surface area contributed by atoms with E-state index in [0.29, 0.717) is 30.9 Å². The number of hydrogen-bond acceptors (Lipinski definition) is 9. The maximum Gasteiger partial charge on any atom is 0.363 e. The smallest absolute Gasteiger partial charge is 0.363 e. The molecule has 2 N–H and O–H groups in total. The van der Waals surface area contributed by atoms with Crippen molar-refractivity contribution >= 4 is 17.7 Å². The Morgan fingerprint density at radius 3 is 2.81 bits per heavy atom. The SMILES string of the molecule is CCCOc1c(OCC)cc(/C=N/Nc2nc(=O)[nH]nc2C)cc1[N+](=O)[O-]. The largest absolute Gasteiger partial charge is 0.490 e. The van der Waals surface area contributed by atoms with E-state index in [1.165, 1.54) is 12.3 Å². The molecule has 0 spiro atoms. The zero-order valence-corrected chi connectivity index (χ0v) is 15.2. The van der Waals surface area contributed by atoms with Crippen molar-refractivity contribution in [2.45, 2.75) is 27.2 Å². The molecule has 1 aromatic carbocycles. The number of aromatic nitrogens is 3. The van der Waals surface area contributed by atoms with Gasteiger partial charge in [0.1, 0.15) is 5.69 Å². The molecule has 0 amide bonds. The van der Waals surface area contributed by atoms with Crippen LogP contribution in [0.5, 0.6) is 11.5 Å². The summed E-state index contributed by atoms with van der Waals surface area (Å²) in [4.78, 5) is 25.8. The summed E-state index contributed by atoms with van der Waals surface area (Å²) < 4.78 is 11.0. The Hall–Kier alpha value is -3.50. The minimum atomic E-state index is -0.620. The lowest BCUT2D eigenvalue weighted by Crippen LogP contribution is -2.15. The van der Waals surface area contributed by atoms with Gasteiger partial charge in [-0.25, -0.2) is 9.89 Å². The van der Waals surface area contributed by atoms with Crippen molar-refractivity contribution in [2.24, 2.45) is 5.10 Å². The number of hydrogen-bond donors (Lipinski definition) is 2. The van der Waals surface area contributed by atoms with Gasteiger partial charge in [-0.15, -0.1) is 0 Å². The molecule has 0 atom stereocenters. The Morgan fingerprint density at radius 2 is 2.15 bits per heavy atom. The van der Waals surface area contributed by atoms with Crippen molar-refractivity contribution in [3.63, 3.8) is 0 Å². The van der Waals surface area contributed by atoms with Gasteiger partial charge in [0, 0.05) is 11.6 Å². The highest BCUT2D eigenvalue weighted by Crippen LogP contribution is 2.38. The number of nitrogens with zero attached hydrogens (tertiary/aromatic N) is 4. The monoisotopic (exact) mass is 376 g/mol. The molecule has 0 unspecified atom stereocenters. The van der Waals surface area contributed by atoms with Crippen LogP contribution in [0.1, 0.15) is 31.5 Å². The molecule has 27 heavy (non-hydrogen) atoms. The van der Waals surface area contributed by atoms with E-state index in [9.17, 15) is 14.9 Å². The second kappa shape index (κ2) is 9.27. The first kappa shape index (κ1) is 19.8. The molecule has 144 valence electrons. The Labute approximate surface area is 154 Å². The summed E-state index contributed by atoms with van der Waals surface area (Å²) >= 11 is 0. The Kier molecular flexibility index (Phi) is 6.80. The van der Waals surface area contributed by atoms with Crippen LogP contribution in [-0.2, 0) is 0 Å². The standard InChI is InChI=1S/C16H20N6O5/c1-4-6-27-14-12(22(24)25)7-11(8-13(14)26-5-2)9-17-20-15-10(3)19-21-16(23)18-15/h7-9H,4-6H2,1-3H3,(H2,18,20,21,23)/b17-9+. The molecule has 2 rings (SSSR count). The first-order valence-electron chi connectivity index (χ1n) is 8.26. The van der Waals surface area contributed by atoms with Gasteiger partial charge in [-0.05, 0) is 26.3 Å². The van der Waals surface area contributed by atoms with E-state index in [4.69, 9.17) is 9.47 Å². The number of rotatable bonds is 9. The molecule has 0 aliphatic heterocycles. The van der Waals surface area contributed by atoms with E-state index < -0.39 is 10.6 Å². The molecule has 1 aromatic heterocycles. The summed E-state index contributed by atoms with van der Waals surface area (Å²) in [5.74, 6) is 0.524. The fraction of sp³-hybridized carbons (Fsp3) is 0.375. The fourth-order valence-corrected chi connectivity index (χ4v) is 2.10. The summed E-state index contributed by atoms with van der Waals surface area (Å²) in [7, 11) is 0. The van der Waals surface area contributed by atoms with E-state index in [1.807, 2.05) is 6.92 Å². The molecule has 2 aromatic rings. The number of aromatic amines is 1. The number of nitro groups is 1. The molecule has 1 heterocycles. The average molecular weight is 376 g/mol. The molecule has 0 bridgehead atoms. The summed E-state index contributed by atoms with van der Waals surface area (Å²) in [5.41, 5.74) is 2.60. The number of ether oxygens (including phenoxy) is 2. The van der Waals surface area contributed by atoms with Crippen LogP contribution in [0.15, 0.2) is 22.0 Å². The van der Waals surface area contributed by atoms with Crippen LogP contribution in [0.2, 0.25) is 0 Å². The second-order valence-electron chi connectivity index (χ2n) is 5.35. The van der Waals surface area contributed by atoms with Gasteiger partial charge >= 0.3 is 11.4 Å². The minimum Gasteiger partial charge on any atom is -0.490 e. The molecule has 0 radical (unpaired) electrons. The third kappa shape index (κ3) is 5.23. The predicted octanol–water partition coefficient (Wildman–Crippen LogP) is 2.02. The highest BCUT2D eigenvalue weighted by atomic mass is 16.6. The van der Waals surface area contributed by atoms with Crippen molar-refractivity contribution in [3.8, 4) is 11.5 Å². The van der Waals surface area contributed by atoms with E-state index in [0.717, 1.165) is 0 Å². The molecule has 0 aliphatic rings. The lowest BCUT2D eigenvalue weighted by Gasteiger charge is -2.12. The third-order valence-corrected chi connectivity index (χ3v) is 3.26. The lowest BCUT2D eigenvalue weighted by molar-refractivity contribution is -0.386. The van der Waals surface area contributed by atoms with Crippen molar-refractivity contribution in [2.75, 3.05) is 18.6 Å². The minimum absolute atomic E-state index is 0.0881. The Bertz CT molecular complexity index is 895. The summed E-state index contributed by atoms with van der Waals surface area (Å²) in [6, 6.07) is 2.91. The number of nitro benzene ring substituents is 1. The Balaban J connectivity index is 2.34. The predicted molar refractivity (Wildman–Crippen MR) is 98.7 cm³/mol. The van der Waals surface area contributed by atoms with Gasteiger partial charge in [-0.3, -0.25) is 15.5 Å². The van der Waals surface area contributed by atoms with Crippen molar-refractivity contribution in [1.29, 1.82) is 0 Å². The van der Waals surface area contributed by atoms with Gasteiger partial charge < -0.3 is 9.47 Å². The number of hydrazone groups is 1. The highest BCUT2D eigenvalue weighted by Gasteiger charge is 2.22. The quantitative estimate of drug-likeness (QED) is 0.384. The molecule has 0 saturated carbocycles. The van der Waals surface area contributed by atoms with Gasteiger partial charge in [0.25, 0.3) is 0 Å². The second-order valence-corrected chi connectivity index (χ2v) is 5.35. The van der Waals surface area contributed by atoms with Crippen LogP contribution in [-0.4, -0.2) is 39.5 Å². The van der Waals surface area contributed by atoms with Crippen molar-refractivity contribution in [1.82, 2.24) is 15.2 Å². The number of nitrogens with one attached hydrogen (secondary N) is 2. The van der Waals surface area contributed by atoms with Gasteiger partial charge in [0.15, 0.2) is 11.6 Å². The zero-order chi connectivity index (χ0) is 19.8. The average Bonchev–Trinajstić information content (AvgIpc) is 2.63. The van der Waals surface area contributed by atoms with Crippen LogP contribution in [0.25, 0.3) is 0 Å². The van der Waals surface area contributed by atoms with E-state index in [2.05, 4.69) is 25.7 Å². The molecule has 0 aliphatic carbocycles. The van der Waals surface area contributed by atoms with Crippen LogP contribution in [0, 0.1) is 17.0 Å². The summed E-state index contributed by atoms with van der Waals surface area (Å²) in [6.45, 7) is 5.96. The summed E-state index contributed by atoms with van der Waals surface area (Å²) in [6.07, 6.45) is 2.05. The zero-order valence-electron chi connectivity index (χ0n) is 15.2. The third-order valence-electron chi connectivity index (χ3n) is 3.26. The lowest BCUT2D eigenvalue weighted by atomic mass is 10.2. The molecule has 0 saturated heterocycles. The van der Waals surface area contributed by atoms with E-state index in [1.54, 1.807) is 19.9 Å². The molecular formula is C16H20N6O5. The van der Waals surface area contributed by atoms with Crippen LogP contribution >= 0.6 is 0 Å². The maximum absolute atomic E-state index is 11.4. The van der Waals surface area contributed by atoms with E-state index >= 15 is 0 Å². The fourth-order valence-electron chi connectivity index (χ4n) is 2.10. The number of H-pyrrole nitrogens is 1. The van der Waals surface area contributed by atoms with Crippen LogP contribution in [0.4, 0.5) is 11.5 Å². The van der Waals surface area contributed by atoms with Gasteiger partial charge in [0.2, 0.25) is 5.75 Å². The van der Waals surface area contributed by atoms with Gasteiger partial charge in [-0.2, -0.15) is 15.2 Å². The van der Waals surface area contributed by atoms with Crippen LogP contribution in [0.3, 0.4) is 0 Å². The normalized spacial score (nSPS) is 10.8. The van der Waals surface area contributed by atoms with Crippen molar-refractivity contribution in [3.05, 3.63) is 44.0 Å². The van der Waals surface area contributed by atoms with Crippen LogP contribution < -0.4 is 20.6 Å². The molecule has 0 fully saturated rings. The number of benzene rings is 1. The van der Waals surface area contributed by atoms with Crippen molar-refractivity contribution < 1.29 is 14.4 Å².